The lowest BCUT2D eigenvalue weighted by Gasteiger charge is -2.11. The number of para-hydroxylation sites is 1. The van der Waals surface area contributed by atoms with Crippen molar-refractivity contribution < 1.29 is 13.2 Å². The second kappa shape index (κ2) is 3.58. The Balaban J connectivity index is 2.43. The number of halogens is 3. The minimum absolute atomic E-state index is 0.0901. The normalized spacial score (nSPS) is 15.1. The lowest BCUT2D eigenvalue weighted by Crippen LogP contribution is -2.14. The highest BCUT2D eigenvalue weighted by Gasteiger charge is 2.33. The van der Waals surface area contributed by atoms with Crippen molar-refractivity contribution >= 4 is 10.9 Å². The Labute approximate surface area is 99.6 Å². The number of aromatic nitrogens is 1. The lowest BCUT2D eigenvalue weighted by molar-refractivity contribution is -0.136. The van der Waals surface area contributed by atoms with Crippen LogP contribution in [0, 0.1) is 0 Å². The summed E-state index contributed by atoms with van der Waals surface area (Å²) in [6.07, 6.45) is -4.47. The number of H-pyrrole nitrogens is 1. The summed E-state index contributed by atoms with van der Waals surface area (Å²) in [4.78, 5) is 14.8. The Hall–Kier alpha value is -1.82. The Morgan fingerprint density at radius 2 is 1.94 bits per heavy atom. The standard InChI is InChI=1S/C12H9F3N2O/c13-12(14,15)8-3-1-2-6-10(8)17-9-5-16-4-7(9)11(6)18/h1-3,16H,4-5H2,(H,17,18). The molecule has 18 heavy (non-hydrogen) atoms. The van der Waals surface area contributed by atoms with Crippen molar-refractivity contribution in [3.05, 3.63) is 45.2 Å². The molecule has 3 nitrogen and oxygen atoms in total. The molecule has 0 radical (unpaired) electrons. The van der Waals surface area contributed by atoms with Crippen LogP contribution in [-0.2, 0) is 19.3 Å². The van der Waals surface area contributed by atoms with Crippen molar-refractivity contribution in [3.8, 4) is 0 Å². The molecular formula is C12H9F3N2O. The van der Waals surface area contributed by atoms with Gasteiger partial charge in [-0.25, -0.2) is 0 Å². The van der Waals surface area contributed by atoms with Crippen LogP contribution in [0.4, 0.5) is 13.2 Å². The van der Waals surface area contributed by atoms with Gasteiger partial charge in [0.15, 0.2) is 5.43 Å². The van der Waals surface area contributed by atoms with Crippen LogP contribution in [0.5, 0.6) is 0 Å². The molecule has 1 aromatic heterocycles. The fourth-order valence-corrected chi connectivity index (χ4v) is 2.29. The summed E-state index contributed by atoms with van der Waals surface area (Å²) in [5.41, 5.74) is -0.176. The van der Waals surface area contributed by atoms with Crippen LogP contribution in [0.15, 0.2) is 23.0 Å². The summed E-state index contributed by atoms with van der Waals surface area (Å²) in [5.74, 6) is 0. The number of hydrogen-bond donors (Lipinski definition) is 2. The van der Waals surface area contributed by atoms with Crippen LogP contribution in [0.3, 0.4) is 0 Å². The summed E-state index contributed by atoms with van der Waals surface area (Å²) in [5, 5.41) is 3.04. The Kier molecular flexibility index (Phi) is 2.25. The molecule has 2 N–H and O–H groups in total. The predicted molar refractivity (Wildman–Crippen MR) is 60.1 cm³/mol. The smallest absolute Gasteiger partial charge is 0.356 e. The first-order valence-electron chi connectivity index (χ1n) is 5.43. The highest BCUT2D eigenvalue weighted by Crippen LogP contribution is 2.33. The van der Waals surface area contributed by atoms with Crippen molar-refractivity contribution in [1.82, 2.24) is 10.3 Å². The molecule has 0 saturated carbocycles. The topological polar surface area (TPSA) is 44.9 Å². The number of benzene rings is 1. The zero-order valence-corrected chi connectivity index (χ0v) is 9.19. The molecule has 1 aliphatic heterocycles. The first kappa shape index (κ1) is 11.3. The van der Waals surface area contributed by atoms with Crippen LogP contribution in [0.2, 0.25) is 0 Å². The molecule has 0 saturated heterocycles. The van der Waals surface area contributed by atoms with E-state index < -0.39 is 11.7 Å². The predicted octanol–water partition coefficient (Wildman–Crippen LogP) is 2.15. The number of nitrogens with one attached hydrogen (secondary N) is 2. The number of rotatable bonds is 0. The molecule has 0 spiro atoms. The van der Waals surface area contributed by atoms with E-state index in [1.807, 2.05) is 0 Å². The van der Waals surface area contributed by atoms with Gasteiger partial charge in [-0.05, 0) is 12.1 Å². The van der Waals surface area contributed by atoms with E-state index in [1.165, 1.54) is 12.1 Å². The summed E-state index contributed by atoms with van der Waals surface area (Å²) < 4.78 is 38.6. The van der Waals surface area contributed by atoms with Crippen LogP contribution in [0.1, 0.15) is 16.8 Å². The fourth-order valence-electron chi connectivity index (χ4n) is 2.29. The summed E-state index contributed by atoms with van der Waals surface area (Å²) >= 11 is 0. The number of pyridine rings is 1. The van der Waals surface area contributed by atoms with Crippen LogP contribution in [0.25, 0.3) is 10.9 Å². The molecular weight excluding hydrogens is 245 g/mol. The van der Waals surface area contributed by atoms with E-state index in [-0.39, 0.29) is 16.3 Å². The van der Waals surface area contributed by atoms with Crippen LogP contribution >= 0.6 is 0 Å². The average Bonchev–Trinajstić information content (AvgIpc) is 2.75. The molecule has 0 aliphatic carbocycles. The number of hydrogen-bond acceptors (Lipinski definition) is 2. The largest absolute Gasteiger partial charge is 0.418 e. The van der Waals surface area contributed by atoms with E-state index in [1.54, 1.807) is 0 Å². The molecule has 0 bridgehead atoms. The Bertz CT molecular complexity index is 688. The molecule has 0 amide bonds. The van der Waals surface area contributed by atoms with Gasteiger partial charge in [0, 0.05) is 29.7 Å². The zero-order valence-electron chi connectivity index (χ0n) is 9.19. The van der Waals surface area contributed by atoms with Crippen molar-refractivity contribution in [2.45, 2.75) is 19.3 Å². The average molecular weight is 254 g/mol. The van der Waals surface area contributed by atoms with Crippen molar-refractivity contribution in [3.63, 3.8) is 0 Å². The van der Waals surface area contributed by atoms with Gasteiger partial charge in [0.1, 0.15) is 0 Å². The van der Waals surface area contributed by atoms with Gasteiger partial charge >= 0.3 is 6.18 Å². The summed E-state index contributed by atoms with van der Waals surface area (Å²) in [6, 6.07) is 3.66. The molecule has 6 heteroatoms. The number of fused-ring (bicyclic) bond motifs is 2. The zero-order chi connectivity index (χ0) is 12.9. The van der Waals surface area contributed by atoms with E-state index in [2.05, 4.69) is 10.3 Å². The van der Waals surface area contributed by atoms with Crippen LogP contribution < -0.4 is 10.7 Å². The molecule has 2 aromatic rings. The van der Waals surface area contributed by atoms with Crippen molar-refractivity contribution in [1.29, 1.82) is 0 Å². The maximum atomic E-state index is 12.9. The first-order valence-corrected chi connectivity index (χ1v) is 5.43. The molecule has 3 rings (SSSR count). The fraction of sp³-hybridized carbons (Fsp3) is 0.250. The highest BCUT2D eigenvalue weighted by atomic mass is 19.4. The Morgan fingerprint density at radius 1 is 1.17 bits per heavy atom. The monoisotopic (exact) mass is 254 g/mol. The minimum Gasteiger partial charge on any atom is -0.356 e. The van der Waals surface area contributed by atoms with Gasteiger partial charge in [0.05, 0.1) is 11.1 Å². The second-order valence-corrected chi connectivity index (χ2v) is 4.24. The SMILES string of the molecule is O=c1c2c([nH]c3c(C(F)(F)F)cccc13)CNC2. The van der Waals surface area contributed by atoms with Gasteiger partial charge in [-0.15, -0.1) is 0 Å². The summed E-state index contributed by atoms with van der Waals surface area (Å²) in [7, 11) is 0. The molecule has 1 aliphatic rings. The first-order chi connectivity index (χ1) is 8.48. The quantitative estimate of drug-likeness (QED) is 0.756. The maximum absolute atomic E-state index is 12.9. The third kappa shape index (κ3) is 1.53. The molecule has 0 atom stereocenters. The molecule has 0 fully saturated rings. The van der Waals surface area contributed by atoms with Gasteiger partial charge in [0.2, 0.25) is 0 Å². The maximum Gasteiger partial charge on any atom is 0.418 e. The lowest BCUT2D eigenvalue weighted by atomic mass is 10.1. The summed E-state index contributed by atoms with van der Waals surface area (Å²) in [6.45, 7) is 0.795. The second-order valence-electron chi connectivity index (χ2n) is 4.24. The number of aromatic amines is 1. The van der Waals surface area contributed by atoms with Gasteiger partial charge in [-0.2, -0.15) is 13.2 Å². The van der Waals surface area contributed by atoms with E-state index in [0.29, 0.717) is 24.3 Å². The van der Waals surface area contributed by atoms with Gasteiger partial charge in [-0.3, -0.25) is 4.79 Å². The molecule has 2 heterocycles. The highest BCUT2D eigenvalue weighted by molar-refractivity contribution is 5.83. The third-order valence-electron chi connectivity index (χ3n) is 3.13. The van der Waals surface area contributed by atoms with Crippen molar-refractivity contribution in [2.75, 3.05) is 0 Å². The van der Waals surface area contributed by atoms with E-state index in [9.17, 15) is 18.0 Å². The van der Waals surface area contributed by atoms with Gasteiger partial charge in [0.25, 0.3) is 0 Å². The molecule has 0 unspecified atom stereocenters. The van der Waals surface area contributed by atoms with Gasteiger partial charge in [-0.1, -0.05) is 6.07 Å². The van der Waals surface area contributed by atoms with E-state index >= 15 is 0 Å². The van der Waals surface area contributed by atoms with Crippen LogP contribution in [-0.4, -0.2) is 4.98 Å². The minimum atomic E-state index is -4.47. The number of alkyl halides is 3. The van der Waals surface area contributed by atoms with Gasteiger partial charge < -0.3 is 10.3 Å². The van der Waals surface area contributed by atoms with E-state index in [0.717, 1.165) is 6.07 Å². The molecule has 94 valence electrons. The third-order valence-corrected chi connectivity index (χ3v) is 3.13. The van der Waals surface area contributed by atoms with E-state index in [4.69, 9.17) is 0 Å². The van der Waals surface area contributed by atoms with Crippen molar-refractivity contribution in [2.24, 2.45) is 0 Å². The molecule has 1 aromatic carbocycles. The Morgan fingerprint density at radius 3 is 2.67 bits per heavy atom.